The third kappa shape index (κ3) is 1.39. The summed E-state index contributed by atoms with van der Waals surface area (Å²) in [5, 5.41) is 13.4. The van der Waals surface area contributed by atoms with Crippen LogP contribution >= 0.6 is 0 Å². The van der Waals surface area contributed by atoms with Crippen LogP contribution in [0.1, 0.15) is 12.0 Å². The summed E-state index contributed by atoms with van der Waals surface area (Å²) in [6, 6.07) is 6.45. The molecule has 0 radical (unpaired) electrons. The largest absolute Gasteiger partial charge is 0.506 e. The van der Waals surface area contributed by atoms with Crippen LogP contribution in [0, 0.1) is 5.92 Å². The second-order valence-corrected chi connectivity index (χ2v) is 4.92. The molecular formula is C13H18N2O. The van der Waals surface area contributed by atoms with Crippen molar-refractivity contribution in [2.45, 2.75) is 18.9 Å². The van der Waals surface area contributed by atoms with Crippen LogP contribution in [0.5, 0.6) is 5.75 Å². The number of hydrogen-bond donors (Lipinski definition) is 2. The van der Waals surface area contributed by atoms with Gasteiger partial charge in [-0.1, -0.05) is 12.1 Å². The van der Waals surface area contributed by atoms with Gasteiger partial charge in [0.15, 0.2) is 0 Å². The van der Waals surface area contributed by atoms with Gasteiger partial charge in [-0.15, -0.1) is 0 Å². The van der Waals surface area contributed by atoms with E-state index in [0.717, 1.165) is 25.2 Å². The predicted molar refractivity (Wildman–Crippen MR) is 65.0 cm³/mol. The number of phenols is 1. The highest BCUT2D eigenvalue weighted by molar-refractivity contribution is 5.65. The predicted octanol–water partition coefficient (Wildman–Crippen LogP) is 1.36. The Morgan fingerprint density at radius 3 is 3.19 bits per heavy atom. The summed E-state index contributed by atoms with van der Waals surface area (Å²) in [5.41, 5.74) is 2.33. The normalized spacial score (nSPS) is 28.4. The Morgan fingerprint density at radius 1 is 1.44 bits per heavy atom. The number of piperidine rings is 1. The Labute approximate surface area is 96.1 Å². The lowest BCUT2D eigenvalue weighted by Gasteiger charge is -2.44. The highest BCUT2D eigenvalue weighted by Crippen LogP contribution is 2.40. The Kier molecular flexibility index (Phi) is 2.28. The first-order valence-electron chi connectivity index (χ1n) is 6.02. The Hall–Kier alpha value is -1.22. The van der Waals surface area contributed by atoms with Crippen LogP contribution in [0.25, 0.3) is 0 Å². The molecule has 1 saturated heterocycles. The third-order valence-electron chi connectivity index (χ3n) is 4.00. The number of anilines is 1. The summed E-state index contributed by atoms with van der Waals surface area (Å²) in [4.78, 5) is 2.28. The summed E-state index contributed by atoms with van der Waals surface area (Å²) >= 11 is 0. The van der Waals surface area contributed by atoms with Crippen molar-refractivity contribution in [3.05, 3.63) is 23.8 Å². The molecule has 0 aliphatic carbocycles. The topological polar surface area (TPSA) is 35.5 Å². The molecule has 1 fully saturated rings. The number of hydrogen-bond acceptors (Lipinski definition) is 3. The van der Waals surface area contributed by atoms with E-state index in [1.54, 1.807) is 6.07 Å². The molecule has 2 atom stereocenters. The van der Waals surface area contributed by atoms with Crippen LogP contribution in [-0.4, -0.2) is 31.3 Å². The van der Waals surface area contributed by atoms with Gasteiger partial charge in [0.25, 0.3) is 0 Å². The van der Waals surface area contributed by atoms with Crippen molar-refractivity contribution in [3.63, 3.8) is 0 Å². The molecule has 2 N–H and O–H groups in total. The number of para-hydroxylation sites is 1. The maximum Gasteiger partial charge on any atom is 0.139 e. The molecule has 0 saturated carbocycles. The van der Waals surface area contributed by atoms with E-state index in [-0.39, 0.29) is 0 Å². The number of nitrogens with zero attached hydrogens (tertiary/aromatic N) is 1. The first kappa shape index (κ1) is 9.97. The van der Waals surface area contributed by atoms with E-state index in [4.69, 9.17) is 0 Å². The molecule has 3 rings (SSSR count). The lowest BCUT2D eigenvalue weighted by Crippen LogP contribution is -2.51. The van der Waals surface area contributed by atoms with Gasteiger partial charge in [0.1, 0.15) is 5.75 Å². The van der Waals surface area contributed by atoms with Gasteiger partial charge in [-0.3, -0.25) is 0 Å². The minimum Gasteiger partial charge on any atom is -0.506 e. The fourth-order valence-electron chi connectivity index (χ4n) is 3.23. The summed E-state index contributed by atoms with van der Waals surface area (Å²) < 4.78 is 0. The first-order chi connectivity index (χ1) is 7.77. The molecule has 86 valence electrons. The molecule has 0 aromatic heterocycles. The summed E-state index contributed by atoms with van der Waals surface area (Å²) in [5.74, 6) is 1.12. The fourth-order valence-corrected chi connectivity index (χ4v) is 3.23. The van der Waals surface area contributed by atoms with Crippen molar-refractivity contribution in [2.75, 3.05) is 25.0 Å². The van der Waals surface area contributed by atoms with Gasteiger partial charge >= 0.3 is 0 Å². The van der Waals surface area contributed by atoms with Crippen molar-refractivity contribution in [3.8, 4) is 5.75 Å². The molecule has 3 heteroatoms. The van der Waals surface area contributed by atoms with Crippen LogP contribution in [0.2, 0.25) is 0 Å². The van der Waals surface area contributed by atoms with E-state index in [2.05, 4.69) is 23.3 Å². The number of fused-ring (bicyclic) bond motifs is 2. The first-order valence-corrected chi connectivity index (χ1v) is 6.02. The summed E-state index contributed by atoms with van der Waals surface area (Å²) in [6.07, 6.45) is 2.26. The number of phenolic OH excluding ortho intramolecular Hbond substituents is 1. The van der Waals surface area contributed by atoms with Crippen LogP contribution < -0.4 is 10.2 Å². The fraction of sp³-hybridized carbons (Fsp3) is 0.538. The summed E-state index contributed by atoms with van der Waals surface area (Å²) in [6.45, 7) is 2.19. The van der Waals surface area contributed by atoms with Gasteiger partial charge in [-0.25, -0.2) is 0 Å². The standard InChI is InChI=1S/C13H18N2O/c1-15-11-5-6-14-8-10(11)7-9-3-2-4-12(16)13(9)15/h2-4,10-11,14,16H,5-8H2,1H3. The number of aromatic hydroxyl groups is 1. The lowest BCUT2D eigenvalue weighted by molar-refractivity contribution is 0.302. The van der Waals surface area contributed by atoms with Crippen molar-refractivity contribution < 1.29 is 5.11 Å². The number of nitrogens with one attached hydrogen (secondary N) is 1. The Morgan fingerprint density at radius 2 is 2.31 bits per heavy atom. The maximum absolute atomic E-state index is 9.96. The molecular weight excluding hydrogens is 200 g/mol. The molecule has 1 aromatic carbocycles. The number of benzene rings is 1. The van der Waals surface area contributed by atoms with Crippen molar-refractivity contribution in [1.82, 2.24) is 5.32 Å². The minimum atomic E-state index is 0.428. The average molecular weight is 218 g/mol. The minimum absolute atomic E-state index is 0.428. The molecule has 16 heavy (non-hydrogen) atoms. The van der Waals surface area contributed by atoms with E-state index in [9.17, 15) is 5.11 Å². The zero-order valence-corrected chi connectivity index (χ0v) is 9.61. The second-order valence-electron chi connectivity index (χ2n) is 4.92. The Balaban J connectivity index is 2.03. The van der Waals surface area contributed by atoms with Gasteiger partial charge in [0.2, 0.25) is 0 Å². The van der Waals surface area contributed by atoms with Crippen LogP contribution in [0.3, 0.4) is 0 Å². The van der Waals surface area contributed by atoms with Crippen molar-refractivity contribution >= 4 is 5.69 Å². The number of rotatable bonds is 0. The molecule has 0 amide bonds. The van der Waals surface area contributed by atoms with Gasteiger partial charge in [-0.05, 0) is 36.9 Å². The van der Waals surface area contributed by atoms with E-state index in [0.29, 0.717) is 17.7 Å². The van der Waals surface area contributed by atoms with E-state index < -0.39 is 0 Å². The van der Waals surface area contributed by atoms with Crippen LogP contribution in [-0.2, 0) is 6.42 Å². The van der Waals surface area contributed by atoms with Crippen molar-refractivity contribution in [1.29, 1.82) is 0 Å². The average Bonchev–Trinajstić information content (AvgIpc) is 2.29. The molecule has 2 aliphatic heterocycles. The van der Waals surface area contributed by atoms with Crippen LogP contribution in [0.15, 0.2) is 18.2 Å². The van der Waals surface area contributed by atoms with Gasteiger partial charge in [-0.2, -0.15) is 0 Å². The maximum atomic E-state index is 9.96. The smallest absolute Gasteiger partial charge is 0.139 e. The van der Waals surface area contributed by atoms with Gasteiger partial charge in [0.05, 0.1) is 5.69 Å². The highest BCUT2D eigenvalue weighted by atomic mass is 16.3. The van der Waals surface area contributed by atoms with E-state index in [1.165, 1.54) is 12.0 Å². The Bertz CT molecular complexity index is 405. The highest BCUT2D eigenvalue weighted by Gasteiger charge is 2.34. The molecule has 2 unspecified atom stereocenters. The van der Waals surface area contributed by atoms with E-state index in [1.807, 2.05) is 6.07 Å². The zero-order valence-electron chi connectivity index (χ0n) is 9.61. The monoisotopic (exact) mass is 218 g/mol. The molecule has 1 aromatic rings. The van der Waals surface area contributed by atoms with E-state index >= 15 is 0 Å². The molecule has 0 spiro atoms. The molecule has 0 bridgehead atoms. The second kappa shape index (κ2) is 3.67. The summed E-state index contributed by atoms with van der Waals surface area (Å²) in [7, 11) is 2.11. The lowest BCUT2D eigenvalue weighted by atomic mass is 9.82. The van der Waals surface area contributed by atoms with Gasteiger partial charge in [0, 0.05) is 19.6 Å². The van der Waals surface area contributed by atoms with Crippen LogP contribution in [0.4, 0.5) is 5.69 Å². The molecule has 2 heterocycles. The zero-order chi connectivity index (χ0) is 11.1. The molecule has 3 nitrogen and oxygen atoms in total. The quantitative estimate of drug-likeness (QED) is 0.690. The third-order valence-corrected chi connectivity index (χ3v) is 4.00. The SMILES string of the molecule is CN1c2c(O)cccc2CC2CNCCC21. The molecule has 2 aliphatic rings. The van der Waals surface area contributed by atoms with Crippen molar-refractivity contribution in [2.24, 2.45) is 5.92 Å². The van der Waals surface area contributed by atoms with Gasteiger partial charge < -0.3 is 15.3 Å².